The lowest BCUT2D eigenvalue weighted by Gasteiger charge is -2.28. The monoisotopic (exact) mass is 249 g/mol. The summed E-state index contributed by atoms with van der Waals surface area (Å²) in [5, 5.41) is 21.6. The summed E-state index contributed by atoms with van der Waals surface area (Å²) in [5.74, 6) is -1.19. The van der Waals surface area contributed by atoms with Crippen LogP contribution in [0.2, 0.25) is 0 Å². The van der Waals surface area contributed by atoms with E-state index in [1.54, 1.807) is 0 Å². The Morgan fingerprint density at radius 1 is 1.44 bits per heavy atom. The first-order chi connectivity index (χ1) is 8.49. The van der Waals surface area contributed by atoms with Crippen molar-refractivity contribution in [3.63, 3.8) is 0 Å². The number of hydrogen-bond acceptors (Lipinski definition) is 3. The van der Waals surface area contributed by atoms with Gasteiger partial charge in [-0.05, 0) is 37.3 Å². The third-order valence-electron chi connectivity index (χ3n) is 3.54. The summed E-state index contributed by atoms with van der Waals surface area (Å²) in [6, 6.07) is 8.55. The van der Waals surface area contributed by atoms with Crippen LogP contribution in [0.15, 0.2) is 24.3 Å². The molecule has 18 heavy (non-hydrogen) atoms. The molecule has 0 fully saturated rings. The third-order valence-corrected chi connectivity index (χ3v) is 3.54. The van der Waals surface area contributed by atoms with E-state index in [0.29, 0.717) is 0 Å². The number of hydrogen-bond donors (Lipinski definition) is 3. The van der Waals surface area contributed by atoms with Gasteiger partial charge in [-0.15, -0.1) is 0 Å². The number of carboxylic acid groups (broad SMARTS) is 1. The van der Waals surface area contributed by atoms with Crippen LogP contribution < -0.4 is 5.32 Å². The minimum Gasteiger partial charge on any atom is -0.479 e. The number of carboxylic acids is 1. The molecule has 4 heteroatoms. The summed E-state index contributed by atoms with van der Waals surface area (Å²) in [7, 11) is 0. The molecule has 0 heterocycles. The van der Waals surface area contributed by atoms with Gasteiger partial charge in [0.05, 0.1) is 0 Å². The van der Waals surface area contributed by atoms with Crippen molar-refractivity contribution in [2.24, 2.45) is 0 Å². The van der Waals surface area contributed by atoms with Crippen LogP contribution in [0.4, 0.5) is 0 Å². The van der Waals surface area contributed by atoms with Crippen LogP contribution in [0, 0.1) is 0 Å². The minimum absolute atomic E-state index is 0.0785. The molecule has 0 aromatic heterocycles. The molecular formula is C14H19NO3. The first kappa shape index (κ1) is 13.1. The fourth-order valence-corrected chi connectivity index (χ4v) is 2.29. The lowest BCUT2D eigenvalue weighted by molar-refractivity contribution is -0.156. The fraction of sp³-hybridized carbons (Fsp3) is 0.500. The van der Waals surface area contributed by atoms with Gasteiger partial charge in [0.15, 0.2) is 5.60 Å². The largest absolute Gasteiger partial charge is 0.479 e. The van der Waals surface area contributed by atoms with E-state index in [4.69, 9.17) is 5.11 Å². The summed E-state index contributed by atoms with van der Waals surface area (Å²) in [6.45, 7) is 1.40. The van der Waals surface area contributed by atoms with Gasteiger partial charge >= 0.3 is 5.97 Å². The van der Waals surface area contributed by atoms with Gasteiger partial charge in [-0.2, -0.15) is 0 Å². The van der Waals surface area contributed by atoms with E-state index in [9.17, 15) is 9.90 Å². The summed E-state index contributed by atoms with van der Waals surface area (Å²) in [4.78, 5) is 10.8. The second-order valence-corrected chi connectivity index (χ2v) is 5.17. The Kier molecular flexibility index (Phi) is 3.68. The van der Waals surface area contributed by atoms with E-state index in [2.05, 4.69) is 17.4 Å². The summed E-state index contributed by atoms with van der Waals surface area (Å²) in [5.41, 5.74) is 0.994. The molecule has 0 spiro atoms. The number of aryl methyl sites for hydroxylation is 1. The molecule has 3 N–H and O–H groups in total. The zero-order valence-corrected chi connectivity index (χ0v) is 10.5. The maximum Gasteiger partial charge on any atom is 0.336 e. The zero-order valence-electron chi connectivity index (χ0n) is 10.5. The highest BCUT2D eigenvalue weighted by atomic mass is 16.4. The lowest BCUT2D eigenvalue weighted by Crippen LogP contribution is -2.49. The summed E-state index contributed by atoms with van der Waals surface area (Å²) < 4.78 is 0. The Labute approximate surface area is 107 Å². The maximum atomic E-state index is 10.8. The van der Waals surface area contributed by atoms with Crippen molar-refractivity contribution in [3.05, 3.63) is 35.4 Å². The molecule has 0 amide bonds. The van der Waals surface area contributed by atoms with Crippen LogP contribution in [0.5, 0.6) is 0 Å². The standard InChI is InChI=1S/C14H19NO3/c1-14(18,13(16)17)9-15-12-7-6-10-4-2-3-5-11(10)8-12/h2-5,12,15,18H,6-9H2,1H3,(H,16,17). The molecule has 1 aliphatic carbocycles. The predicted molar refractivity (Wildman–Crippen MR) is 68.5 cm³/mol. The predicted octanol–water partition coefficient (Wildman–Crippen LogP) is 0.969. The van der Waals surface area contributed by atoms with Gasteiger partial charge in [0, 0.05) is 12.6 Å². The number of carbonyl (C=O) groups is 1. The Morgan fingerprint density at radius 3 is 2.78 bits per heavy atom. The van der Waals surface area contributed by atoms with Crippen LogP contribution in [-0.2, 0) is 17.6 Å². The summed E-state index contributed by atoms with van der Waals surface area (Å²) in [6.07, 6.45) is 2.88. The Bertz CT molecular complexity index is 442. The highest BCUT2D eigenvalue weighted by Gasteiger charge is 2.30. The van der Waals surface area contributed by atoms with Crippen molar-refractivity contribution in [3.8, 4) is 0 Å². The molecule has 0 saturated carbocycles. The molecule has 1 aliphatic rings. The Hall–Kier alpha value is -1.39. The van der Waals surface area contributed by atoms with Crippen molar-refractivity contribution in [2.75, 3.05) is 6.54 Å². The van der Waals surface area contributed by atoms with Gasteiger partial charge in [0.2, 0.25) is 0 Å². The molecule has 1 aromatic carbocycles. The van der Waals surface area contributed by atoms with Crippen molar-refractivity contribution >= 4 is 5.97 Å². The molecule has 0 radical (unpaired) electrons. The highest BCUT2D eigenvalue weighted by molar-refractivity contribution is 5.76. The Morgan fingerprint density at radius 2 is 2.11 bits per heavy atom. The van der Waals surface area contributed by atoms with Gasteiger partial charge < -0.3 is 15.5 Å². The molecule has 0 bridgehead atoms. The Balaban J connectivity index is 1.93. The van der Waals surface area contributed by atoms with E-state index < -0.39 is 11.6 Å². The van der Waals surface area contributed by atoms with Gasteiger partial charge in [-0.1, -0.05) is 24.3 Å². The van der Waals surface area contributed by atoms with E-state index in [-0.39, 0.29) is 12.6 Å². The van der Waals surface area contributed by atoms with Gasteiger partial charge in [0.1, 0.15) is 0 Å². The number of rotatable bonds is 4. The number of aliphatic carboxylic acids is 1. The third kappa shape index (κ3) is 2.89. The first-order valence-corrected chi connectivity index (χ1v) is 6.25. The molecule has 2 unspecified atom stereocenters. The van der Waals surface area contributed by atoms with Crippen LogP contribution >= 0.6 is 0 Å². The van der Waals surface area contributed by atoms with Crippen LogP contribution in [0.25, 0.3) is 0 Å². The van der Waals surface area contributed by atoms with Crippen LogP contribution in [0.3, 0.4) is 0 Å². The minimum atomic E-state index is -1.70. The highest BCUT2D eigenvalue weighted by Crippen LogP contribution is 2.21. The second kappa shape index (κ2) is 5.08. The van der Waals surface area contributed by atoms with E-state index in [1.807, 2.05) is 12.1 Å². The molecular weight excluding hydrogens is 230 g/mol. The average Bonchev–Trinajstić information content (AvgIpc) is 2.36. The maximum absolute atomic E-state index is 10.8. The fourth-order valence-electron chi connectivity index (χ4n) is 2.29. The SMILES string of the molecule is CC(O)(CNC1CCc2ccccc2C1)C(=O)O. The molecule has 2 atom stereocenters. The summed E-state index contributed by atoms with van der Waals surface area (Å²) >= 11 is 0. The van der Waals surface area contributed by atoms with Crippen molar-refractivity contribution < 1.29 is 15.0 Å². The second-order valence-electron chi connectivity index (χ2n) is 5.17. The number of nitrogens with one attached hydrogen (secondary N) is 1. The first-order valence-electron chi connectivity index (χ1n) is 6.25. The molecule has 0 aliphatic heterocycles. The van der Waals surface area contributed by atoms with Gasteiger partial charge in [-0.25, -0.2) is 4.79 Å². The number of benzene rings is 1. The molecule has 98 valence electrons. The van der Waals surface area contributed by atoms with E-state index in [0.717, 1.165) is 19.3 Å². The molecule has 1 aromatic rings. The number of aliphatic hydroxyl groups is 1. The van der Waals surface area contributed by atoms with E-state index in [1.165, 1.54) is 18.1 Å². The molecule has 2 rings (SSSR count). The molecule has 0 saturated heterocycles. The van der Waals surface area contributed by atoms with Crippen LogP contribution in [0.1, 0.15) is 24.5 Å². The molecule has 4 nitrogen and oxygen atoms in total. The quantitative estimate of drug-likeness (QED) is 0.743. The van der Waals surface area contributed by atoms with Gasteiger partial charge in [-0.3, -0.25) is 0 Å². The zero-order chi connectivity index (χ0) is 13.2. The van der Waals surface area contributed by atoms with E-state index >= 15 is 0 Å². The topological polar surface area (TPSA) is 69.6 Å². The van der Waals surface area contributed by atoms with Crippen molar-refractivity contribution in [1.29, 1.82) is 0 Å². The average molecular weight is 249 g/mol. The van der Waals surface area contributed by atoms with Crippen molar-refractivity contribution in [2.45, 2.75) is 37.8 Å². The van der Waals surface area contributed by atoms with Crippen molar-refractivity contribution in [1.82, 2.24) is 5.32 Å². The number of fused-ring (bicyclic) bond motifs is 1. The van der Waals surface area contributed by atoms with Crippen LogP contribution in [-0.4, -0.2) is 34.4 Å². The normalized spacial score (nSPS) is 22.0. The van der Waals surface area contributed by atoms with Gasteiger partial charge in [0.25, 0.3) is 0 Å². The smallest absolute Gasteiger partial charge is 0.336 e. The lowest BCUT2D eigenvalue weighted by atomic mass is 9.88.